The van der Waals surface area contributed by atoms with Gasteiger partial charge in [0.1, 0.15) is 0 Å². The Kier molecular flexibility index (Phi) is 3.57. The molecule has 0 bridgehead atoms. The monoisotopic (exact) mass is 253 g/mol. The molecule has 3 saturated heterocycles. The molecule has 0 aromatic rings. The van der Waals surface area contributed by atoms with E-state index in [4.69, 9.17) is 9.47 Å². The highest BCUT2D eigenvalue weighted by atomic mass is 16.5. The molecular weight excluding hydrogens is 230 g/mol. The van der Waals surface area contributed by atoms with E-state index in [9.17, 15) is 4.79 Å². The predicted molar refractivity (Wildman–Crippen MR) is 67.2 cm³/mol. The lowest BCUT2D eigenvalue weighted by Gasteiger charge is -2.45. The van der Waals surface area contributed by atoms with E-state index < -0.39 is 0 Å². The minimum Gasteiger partial charge on any atom is -0.381 e. The fraction of sp³-hybridized carbons (Fsp3) is 0.929. The number of nitrogens with one attached hydrogen (secondary N) is 1. The van der Waals surface area contributed by atoms with Gasteiger partial charge in [-0.25, -0.2) is 0 Å². The molecule has 18 heavy (non-hydrogen) atoms. The van der Waals surface area contributed by atoms with Crippen LogP contribution in [0.25, 0.3) is 0 Å². The normalized spacial score (nSPS) is 36.3. The quantitative estimate of drug-likeness (QED) is 0.770. The highest BCUT2D eigenvalue weighted by Gasteiger charge is 2.43. The molecule has 1 amide bonds. The summed E-state index contributed by atoms with van der Waals surface area (Å²) in [6.45, 7) is 3.29. The van der Waals surface area contributed by atoms with Crippen LogP contribution in [0.4, 0.5) is 0 Å². The second-order valence-electron chi connectivity index (χ2n) is 5.94. The lowest BCUT2D eigenvalue weighted by Crippen LogP contribution is -2.49. The Labute approximate surface area is 108 Å². The van der Waals surface area contributed by atoms with E-state index in [1.54, 1.807) is 0 Å². The number of ether oxygens (including phenoxy) is 2. The van der Waals surface area contributed by atoms with Gasteiger partial charge in [0.15, 0.2) is 0 Å². The van der Waals surface area contributed by atoms with E-state index in [-0.39, 0.29) is 17.4 Å². The first-order chi connectivity index (χ1) is 8.79. The Morgan fingerprint density at radius 3 is 2.78 bits per heavy atom. The van der Waals surface area contributed by atoms with E-state index in [1.165, 1.54) is 0 Å². The molecular formula is C14H23NO3. The van der Waals surface area contributed by atoms with Crippen molar-refractivity contribution in [2.75, 3.05) is 26.4 Å². The summed E-state index contributed by atoms with van der Waals surface area (Å²) in [5.41, 5.74) is 0.0128. The molecule has 0 aliphatic carbocycles. The summed E-state index contributed by atoms with van der Waals surface area (Å²) in [5, 5.41) is 3.02. The van der Waals surface area contributed by atoms with Crippen molar-refractivity contribution >= 4 is 5.91 Å². The minimum absolute atomic E-state index is 0.0128. The van der Waals surface area contributed by atoms with Crippen LogP contribution in [0.3, 0.4) is 0 Å². The highest BCUT2D eigenvalue weighted by molar-refractivity contribution is 5.79. The van der Waals surface area contributed by atoms with E-state index >= 15 is 0 Å². The van der Waals surface area contributed by atoms with Crippen LogP contribution >= 0.6 is 0 Å². The molecule has 1 spiro atoms. The average Bonchev–Trinajstić information content (AvgIpc) is 2.40. The van der Waals surface area contributed by atoms with Gasteiger partial charge in [0, 0.05) is 32.3 Å². The summed E-state index contributed by atoms with van der Waals surface area (Å²) >= 11 is 0. The first-order valence-electron chi connectivity index (χ1n) is 7.29. The van der Waals surface area contributed by atoms with Gasteiger partial charge < -0.3 is 14.8 Å². The number of carbonyl (C=O) groups excluding carboxylic acids is 1. The molecule has 102 valence electrons. The minimum atomic E-state index is 0.0128. The molecule has 4 nitrogen and oxygen atoms in total. The van der Waals surface area contributed by atoms with E-state index in [0.29, 0.717) is 5.92 Å². The van der Waals surface area contributed by atoms with Crippen molar-refractivity contribution in [3.05, 3.63) is 0 Å². The molecule has 2 atom stereocenters. The summed E-state index contributed by atoms with van der Waals surface area (Å²) < 4.78 is 11.5. The van der Waals surface area contributed by atoms with Gasteiger partial charge in [0.05, 0.1) is 5.60 Å². The largest absolute Gasteiger partial charge is 0.381 e. The van der Waals surface area contributed by atoms with Crippen LogP contribution in [0.2, 0.25) is 0 Å². The third-order valence-corrected chi connectivity index (χ3v) is 4.83. The molecule has 0 aromatic heterocycles. The summed E-state index contributed by atoms with van der Waals surface area (Å²) in [6, 6.07) is 0. The summed E-state index contributed by atoms with van der Waals surface area (Å²) in [4.78, 5) is 12.0. The van der Waals surface area contributed by atoms with Gasteiger partial charge in [-0.05, 0) is 44.4 Å². The second-order valence-corrected chi connectivity index (χ2v) is 5.94. The van der Waals surface area contributed by atoms with Crippen molar-refractivity contribution < 1.29 is 14.3 Å². The van der Waals surface area contributed by atoms with Crippen molar-refractivity contribution in [3.8, 4) is 0 Å². The lowest BCUT2D eigenvalue weighted by molar-refractivity contribution is -0.158. The molecule has 3 aliphatic heterocycles. The van der Waals surface area contributed by atoms with Crippen LogP contribution in [0.15, 0.2) is 0 Å². The van der Waals surface area contributed by atoms with Crippen LogP contribution in [0.5, 0.6) is 0 Å². The molecule has 1 N–H and O–H groups in total. The van der Waals surface area contributed by atoms with Gasteiger partial charge in [-0.3, -0.25) is 4.79 Å². The Balaban J connectivity index is 1.67. The predicted octanol–water partition coefficient (Wildman–Crippen LogP) is 1.49. The van der Waals surface area contributed by atoms with Gasteiger partial charge in [-0.15, -0.1) is 0 Å². The Morgan fingerprint density at radius 2 is 2.00 bits per heavy atom. The van der Waals surface area contributed by atoms with Crippen molar-refractivity contribution in [2.45, 2.75) is 44.1 Å². The zero-order chi connectivity index (χ0) is 12.4. The number of carbonyl (C=O) groups is 1. The number of hydrogen-bond acceptors (Lipinski definition) is 3. The molecule has 3 fully saturated rings. The van der Waals surface area contributed by atoms with Crippen molar-refractivity contribution in [1.29, 1.82) is 0 Å². The van der Waals surface area contributed by atoms with E-state index in [0.717, 1.165) is 64.9 Å². The molecule has 3 heterocycles. The molecule has 0 aromatic carbocycles. The van der Waals surface area contributed by atoms with Gasteiger partial charge in [0.25, 0.3) is 0 Å². The van der Waals surface area contributed by atoms with Gasteiger partial charge in [0.2, 0.25) is 5.91 Å². The summed E-state index contributed by atoms with van der Waals surface area (Å²) in [5.74, 6) is 1.01. The maximum atomic E-state index is 12.0. The molecule has 0 saturated carbocycles. The number of amides is 1. The topological polar surface area (TPSA) is 47.6 Å². The van der Waals surface area contributed by atoms with Crippen LogP contribution in [0, 0.1) is 11.8 Å². The second kappa shape index (κ2) is 5.17. The van der Waals surface area contributed by atoms with Gasteiger partial charge in [-0.1, -0.05) is 0 Å². The van der Waals surface area contributed by atoms with E-state index in [1.807, 2.05) is 0 Å². The highest BCUT2D eigenvalue weighted by Crippen LogP contribution is 2.41. The first-order valence-corrected chi connectivity index (χ1v) is 7.29. The van der Waals surface area contributed by atoms with Gasteiger partial charge >= 0.3 is 0 Å². The average molecular weight is 253 g/mol. The molecule has 2 unspecified atom stereocenters. The fourth-order valence-corrected chi connectivity index (χ4v) is 3.75. The Hall–Kier alpha value is -0.610. The number of piperidine rings is 1. The molecule has 3 aliphatic rings. The molecule has 0 radical (unpaired) electrons. The van der Waals surface area contributed by atoms with Crippen LogP contribution in [-0.2, 0) is 14.3 Å². The SMILES string of the molecule is O=C1NCCCC1C1CCOC2(CCOCC2)C1. The van der Waals surface area contributed by atoms with Crippen LogP contribution in [-0.4, -0.2) is 37.9 Å². The van der Waals surface area contributed by atoms with Crippen molar-refractivity contribution in [3.63, 3.8) is 0 Å². The van der Waals surface area contributed by atoms with Crippen LogP contribution < -0.4 is 5.32 Å². The third-order valence-electron chi connectivity index (χ3n) is 4.83. The third kappa shape index (κ3) is 2.41. The van der Waals surface area contributed by atoms with Crippen molar-refractivity contribution in [1.82, 2.24) is 5.32 Å². The lowest BCUT2D eigenvalue weighted by atomic mass is 9.73. The maximum Gasteiger partial charge on any atom is 0.223 e. The number of hydrogen-bond donors (Lipinski definition) is 1. The standard InChI is InChI=1S/C14H23NO3/c16-13-12(2-1-6-15-13)11-3-7-18-14(10-11)4-8-17-9-5-14/h11-12H,1-10H2,(H,15,16). The maximum absolute atomic E-state index is 12.0. The fourth-order valence-electron chi connectivity index (χ4n) is 3.75. The summed E-state index contributed by atoms with van der Waals surface area (Å²) in [6.07, 6.45) is 6.28. The zero-order valence-corrected chi connectivity index (χ0v) is 11.0. The van der Waals surface area contributed by atoms with Crippen molar-refractivity contribution in [2.24, 2.45) is 11.8 Å². The zero-order valence-electron chi connectivity index (χ0n) is 11.0. The summed E-state index contributed by atoms with van der Waals surface area (Å²) in [7, 11) is 0. The smallest absolute Gasteiger partial charge is 0.223 e. The molecule has 4 heteroatoms. The van der Waals surface area contributed by atoms with Crippen LogP contribution in [0.1, 0.15) is 38.5 Å². The first kappa shape index (κ1) is 12.4. The van der Waals surface area contributed by atoms with Gasteiger partial charge in [-0.2, -0.15) is 0 Å². The number of rotatable bonds is 1. The Morgan fingerprint density at radius 1 is 1.17 bits per heavy atom. The van der Waals surface area contributed by atoms with E-state index in [2.05, 4.69) is 5.32 Å². The Bertz CT molecular complexity index is 307. The molecule has 3 rings (SSSR count).